The predicted octanol–water partition coefficient (Wildman–Crippen LogP) is 3.85. The highest BCUT2D eigenvalue weighted by atomic mass is 79.9. The van der Waals surface area contributed by atoms with Crippen LogP contribution in [0.25, 0.3) is 0 Å². The lowest BCUT2D eigenvalue weighted by Crippen LogP contribution is -2.52. The van der Waals surface area contributed by atoms with E-state index in [-0.39, 0.29) is 18.4 Å². The van der Waals surface area contributed by atoms with Gasteiger partial charge in [-0.2, -0.15) is 10.4 Å². The number of hydrogen-bond donors (Lipinski definition) is 2. The van der Waals surface area contributed by atoms with Crippen molar-refractivity contribution in [2.45, 2.75) is 50.7 Å². The molecule has 26 heavy (non-hydrogen) atoms. The number of carbonyl (C=O) groups excluding carboxylic acids is 1. The standard InChI is InChI=1S/C18H21BrN4O2.ClH/c1-11(21)8-12-4-6-18(7-5-12)16(22-23-17(24)25-18)14-3-2-13(10-20)9-15(14)19;/h2-3,9,11-12H,4-8,21H2,1H3,(H,23,24);1H/t11-,12?,18?;/m0./s1. The molecule has 2 aliphatic rings. The second-order valence-corrected chi connectivity index (χ2v) is 7.77. The molecule has 0 saturated heterocycles. The van der Waals surface area contributed by atoms with E-state index in [4.69, 9.17) is 15.7 Å². The van der Waals surface area contributed by atoms with Crippen molar-refractivity contribution in [1.82, 2.24) is 5.43 Å². The summed E-state index contributed by atoms with van der Waals surface area (Å²) in [5, 5.41) is 13.4. The molecular weight excluding hydrogens is 420 g/mol. The quantitative estimate of drug-likeness (QED) is 0.744. The van der Waals surface area contributed by atoms with Crippen molar-refractivity contribution in [3.63, 3.8) is 0 Å². The number of halogens is 2. The Morgan fingerprint density at radius 3 is 2.77 bits per heavy atom. The normalized spacial score (nSPS) is 26.0. The van der Waals surface area contributed by atoms with Crippen LogP contribution in [-0.4, -0.2) is 23.4 Å². The van der Waals surface area contributed by atoms with E-state index in [2.05, 4.69) is 32.5 Å². The van der Waals surface area contributed by atoms with E-state index in [0.29, 0.717) is 17.2 Å². The number of nitriles is 1. The van der Waals surface area contributed by atoms with Gasteiger partial charge in [-0.1, -0.05) is 22.0 Å². The molecule has 1 amide bonds. The molecule has 1 aromatic carbocycles. The van der Waals surface area contributed by atoms with Gasteiger partial charge in [-0.25, -0.2) is 10.2 Å². The number of benzene rings is 1. The molecule has 1 spiro atoms. The summed E-state index contributed by atoms with van der Waals surface area (Å²) in [6, 6.07) is 7.64. The lowest BCUT2D eigenvalue weighted by molar-refractivity contribution is 0.0158. The summed E-state index contributed by atoms with van der Waals surface area (Å²) in [5.74, 6) is 0.546. The average Bonchev–Trinajstić information content (AvgIpc) is 2.57. The largest absolute Gasteiger partial charge is 0.435 e. The highest BCUT2D eigenvalue weighted by molar-refractivity contribution is 9.10. The number of rotatable bonds is 3. The molecule has 3 N–H and O–H groups in total. The fourth-order valence-corrected chi connectivity index (χ4v) is 4.35. The lowest BCUT2D eigenvalue weighted by atomic mass is 9.73. The van der Waals surface area contributed by atoms with Crippen LogP contribution in [0.2, 0.25) is 0 Å². The SMILES string of the molecule is C[C@H](N)CC1CCC2(CC1)OC(=O)NN=C2c1ccc(C#N)cc1Br.Cl. The van der Waals surface area contributed by atoms with Crippen LogP contribution in [0, 0.1) is 17.2 Å². The zero-order chi connectivity index (χ0) is 18.0. The van der Waals surface area contributed by atoms with Gasteiger partial charge in [-0.3, -0.25) is 0 Å². The first kappa shape index (κ1) is 20.7. The maximum Gasteiger partial charge on any atom is 0.428 e. The zero-order valence-corrected chi connectivity index (χ0v) is 16.9. The first-order chi connectivity index (χ1) is 11.9. The van der Waals surface area contributed by atoms with Gasteiger partial charge in [0.2, 0.25) is 0 Å². The molecule has 1 atom stereocenters. The molecule has 6 nitrogen and oxygen atoms in total. The highest BCUT2D eigenvalue weighted by Gasteiger charge is 2.46. The van der Waals surface area contributed by atoms with Gasteiger partial charge >= 0.3 is 6.09 Å². The van der Waals surface area contributed by atoms with E-state index in [1.54, 1.807) is 12.1 Å². The first-order valence-corrected chi connectivity index (χ1v) is 9.25. The fraction of sp³-hybridized carbons (Fsp3) is 0.500. The molecule has 1 fully saturated rings. The Labute approximate surface area is 167 Å². The van der Waals surface area contributed by atoms with Crippen molar-refractivity contribution >= 4 is 40.1 Å². The number of hydrazone groups is 1. The van der Waals surface area contributed by atoms with Crippen LogP contribution in [0.1, 0.15) is 50.2 Å². The Morgan fingerprint density at radius 2 is 2.19 bits per heavy atom. The van der Waals surface area contributed by atoms with Crippen LogP contribution < -0.4 is 11.2 Å². The minimum absolute atomic E-state index is 0. The van der Waals surface area contributed by atoms with Crippen molar-refractivity contribution in [2.24, 2.45) is 16.8 Å². The smallest absolute Gasteiger partial charge is 0.428 e. The third-order valence-electron chi connectivity index (χ3n) is 4.95. The fourth-order valence-electron chi connectivity index (χ4n) is 3.78. The average molecular weight is 442 g/mol. The summed E-state index contributed by atoms with van der Waals surface area (Å²) in [4.78, 5) is 11.8. The summed E-state index contributed by atoms with van der Waals surface area (Å²) in [5.41, 5.74) is 9.75. The molecule has 1 aromatic rings. The molecule has 0 unspecified atom stereocenters. The first-order valence-electron chi connectivity index (χ1n) is 8.46. The number of nitrogens with zero attached hydrogens (tertiary/aromatic N) is 2. The van der Waals surface area contributed by atoms with Crippen LogP contribution in [0.5, 0.6) is 0 Å². The third kappa shape index (κ3) is 4.20. The van der Waals surface area contributed by atoms with Crippen molar-refractivity contribution in [2.75, 3.05) is 0 Å². The van der Waals surface area contributed by atoms with Crippen molar-refractivity contribution in [1.29, 1.82) is 5.26 Å². The molecule has 1 aliphatic heterocycles. The topological polar surface area (TPSA) is 100 Å². The molecule has 1 aliphatic carbocycles. The Bertz CT molecular complexity index is 752. The Hall–Kier alpha value is -1.62. The van der Waals surface area contributed by atoms with Gasteiger partial charge in [-0.15, -0.1) is 12.4 Å². The molecule has 1 heterocycles. The molecule has 3 rings (SSSR count). The van der Waals surface area contributed by atoms with Crippen molar-refractivity contribution in [3.05, 3.63) is 33.8 Å². The van der Waals surface area contributed by atoms with Gasteiger partial charge in [0.1, 0.15) is 5.71 Å². The lowest BCUT2D eigenvalue weighted by Gasteiger charge is -2.42. The summed E-state index contributed by atoms with van der Waals surface area (Å²) in [6.45, 7) is 2.02. The second-order valence-electron chi connectivity index (χ2n) is 6.92. The van der Waals surface area contributed by atoms with E-state index in [1.807, 2.05) is 13.0 Å². The molecule has 1 saturated carbocycles. The van der Waals surface area contributed by atoms with Crippen LogP contribution in [-0.2, 0) is 4.74 Å². The molecule has 0 radical (unpaired) electrons. The van der Waals surface area contributed by atoms with Gasteiger partial charge in [-0.05, 0) is 57.1 Å². The summed E-state index contributed by atoms with van der Waals surface area (Å²) in [7, 11) is 0. The monoisotopic (exact) mass is 440 g/mol. The van der Waals surface area contributed by atoms with E-state index in [0.717, 1.165) is 42.1 Å². The van der Waals surface area contributed by atoms with E-state index in [9.17, 15) is 4.79 Å². The predicted molar refractivity (Wildman–Crippen MR) is 105 cm³/mol. The minimum atomic E-state index is -0.715. The minimum Gasteiger partial charge on any atom is -0.435 e. The van der Waals surface area contributed by atoms with Crippen LogP contribution in [0.4, 0.5) is 4.79 Å². The summed E-state index contributed by atoms with van der Waals surface area (Å²) in [6.07, 6.45) is 3.81. The molecule has 8 heteroatoms. The van der Waals surface area contributed by atoms with E-state index in [1.165, 1.54) is 0 Å². The van der Waals surface area contributed by atoms with Crippen LogP contribution in [0.3, 0.4) is 0 Å². The number of nitrogens with two attached hydrogens (primary N) is 1. The van der Waals surface area contributed by atoms with Gasteiger partial charge in [0.25, 0.3) is 0 Å². The molecule has 0 aromatic heterocycles. The Morgan fingerprint density at radius 1 is 1.50 bits per heavy atom. The number of amides is 1. The maximum atomic E-state index is 11.8. The number of nitrogens with one attached hydrogen (secondary N) is 1. The van der Waals surface area contributed by atoms with Crippen molar-refractivity contribution in [3.8, 4) is 6.07 Å². The van der Waals surface area contributed by atoms with Gasteiger partial charge in [0, 0.05) is 16.1 Å². The van der Waals surface area contributed by atoms with Crippen LogP contribution in [0.15, 0.2) is 27.8 Å². The Balaban J connectivity index is 0.00000243. The van der Waals surface area contributed by atoms with Crippen molar-refractivity contribution < 1.29 is 9.53 Å². The van der Waals surface area contributed by atoms with Gasteiger partial charge in [0.15, 0.2) is 5.60 Å². The molecular formula is C18H22BrClN4O2. The summed E-state index contributed by atoms with van der Waals surface area (Å²) >= 11 is 3.52. The number of hydrogen-bond acceptors (Lipinski definition) is 5. The van der Waals surface area contributed by atoms with Crippen LogP contribution >= 0.6 is 28.3 Å². The number of ether oxygens (including phenoxy) is 1. The van der Waals surface area contributed by atoms with Gasteiger partial charge in [0.05, 0.1) is 11.6 Å². The second kappa shape index (κ2) is 8.38. The molecule has 0 bridgehead atoms. The number of carbonyl (C=O) groups is 1. The summed E-state index contributed by atoms with van der Waals surface area (Å²) < 4.78 is 6.51. The maximum absolute atomic E-state index is 11.8. The van der Waals surface area contributed by atoms with E-state index < -0.39 is 11.7 Å². The Kier molecular flexibility index (Phi) is 6.67. The molecule has 140 valence electrons. The van der Waals surface area contributed by atoms with Gasteiger partial charge < -0.3 is 10.5 Å². The van der Waals surface area contributed by atoms with E-state index >= 15 is 0 Å². The zero-order valence-electron chi connectivity index (χ0n) is 14.5. The third-order valence-corrected chi connectivity index (χ3v) is 5.61. The highest BCUT2D eigenvalue weighted by Crippen LogP contribution is 2.41.